The lowest BCUT2D eigenvalue weighted by molar-refractivity contribution is -0.121. The summed E-state index contributed by atoms with van der Waals surface area (Å²) in [5, 5.41) is 13.7. The highest BCUT2D eigenvalue weighted by molar-refractivity contribution is 6.33. The lowest BCUT2D eigenvalue weighted by Crippen LogP contribution is -2.25. The van der Waals surface area contributed by atoms with Crippen molar-refractivity contribution in [3.05, 3.63) is 69.8 Å². The molecule has 0 saturated carbocycles. The van der Waals surface area contributed by atoms with E-state index < -0.39 is 0 Å². The zero-order valence-corrected chi connectivity index (χ0v) is 21.8. The zero-order valence-electron chi connectivity index (χ0n) is 21.0. The van der Waals surface area contributed by atoms with Crippen LogP contribution < -0.4 is 14.8 Å². The van der Waals surface area contributed by atoms with Crippen LogP contribution in [-0.4, -0.2) is 34.8 Å². The zero-order chi connectivity index (χ0) is 25.5. The monoisotopic (exact) mass is 499 g/mol. The summed E-state index contributed by atoms with van der Waals surface area (Å²) in [5.74, 6) is 2.37. The fourth-order valence-electron chi connectivity index (χ4n) is 4.09. The van der Waals surface area contributed by atoms with Crippen LogP contribution in [0.4, 0.5) is 0 Å². The number of halogens is 1. The van der Waals surface area contributed by atoms with Crippen molar-refractivity contribution in [2.75, 3.05) is 14.2 Å². The van der Waals surface area contributed by atoms with Gasteiger partial charge < -0.3 is 24.5 Å². The molecule has 35 heavy (non-hydrogen) atoms. The molecule has 0 radical (unpaired) electrons. The number of nitrogens with zero attached hydrogens (tertiary/aromatic N) is 2. The van der Waals surface area contributed by atoms with Crippen LogP contribution in [0.3, 0.4) is 0 Å². The van der Waals surface area contributed by atoms with Crippen molar-refractivity contribution in [1.29, 1.82) is 0 Å². The highest BCUT2D eigenvalue weighted by atomic mass is 35.5. The maximum absolute atomic E-state index is 12.6. The Morgan fingerprint density at radius 2 is 1.89 bits per heavy atom. The number of imidazole rings is 1. The van der Waals surface area contributed by atoms with Crippen molar-refractivity contribution in [2.45, 2.75) is 53.1 Å². The number of amides is 1. The van der Waals surface area contributed by atoms with E-state index in [1.165, 1.54) is 0 Å². The second-order valence-electron chi connectivity index (χ2n) is 8.81. The van der Waals surface area contributed by atoms with Crippen LogP contribution in [0.5, 0.6) is 17.2 Å². The Hall–Kier alpha value is -3.19. The van der Waals surface area contributed by atoms with E-state index in [9.17, 15) is 9.90 Å². The number of aryl methyl sites for hydroxylation is 1. The molecule has 1 atom stereocenters. The molecule has 1 unspecified atom stereocenters. The quantitative estimate of drug-likeness (QED) is 0.378. The Kier molecular flexibility index (Phi) is 9.04. The molecule has 0 saturated heterocycles. The van der Waals surface area contributed by atoms with E-state index in [0.29, 0.717) is 36.0 Å². The molecule has 3 aromatic rings. The standard InChI is InChI=1S/C27H34ClN3O4/c1-17(14-20-11-12-23(34-4)27(35-5)26(20)28)10-13-25(33)29-15-24-30-18(2)19(3)31(24)16-21-8-6-7-9-22(21)32/h6-9,11-12,17,32H,10,13-16H2,1-5H3,(H,29,33). The smallest absolute Gasteiger partial charge is 0.220 e. The number of benzene rings is 2. The average molecular weight is 500 g/mol. The van der Waals surface area contributed by atoms with Crippen molar-refractivity contribution < 1.29 is 19.4 Å². The minimum atomic E-state index is -0.0253. The van der Waals surface area contributed by atoms with Crippen molar-refractivity contribution in [1.82, 2.24) is 14.9 Å². The first kappa shape index (κ1) is 26.4. The lowest BCUT2D eigenvalue weighted by Gasteiger charge is -2.16. The highest BCUT2D eigenvalue weighted by Crippen LogP contribution is 2.38. The van der Waals surface area contributed by atoms with Crippen molar-refractivity contribution in [3.63, 3.8) is 0 Å². The fraction of sp³-hybridized carbons (Fsp3) is 0.407. The maximum Gasteiger partial charge on any atom is 0.220 e. The van der Waals surface area contributed by atoms with E-state index in [1.54, 1.807) is 26.4 Å². The van der Waals surface area contributed by atoms with Gasteiger partial charge in [0.1, 0.15) is 11.6 Å². The molecule has 0 aliphatic heterocycles. The minimum Gasteiger partial charge on any atom is -0.508 e. The molecule has 188 valence electrons. The van der Waals surface area contributed by atoms with Gasteiger partial charge in [-0.2, -0.15) is 0 Å². The number of carbonyl (C=O) groups excluding carboxylic acids is 1. The summed E-state index contributed by atoms with van der Waals surface area (Å²) in [6, 6.07) is 11.0. The second kappa shape index (κ2) is 12.0. The molecule has 2 N–H and O–H groups in total. The van der Waals surface area contributed by atoms with Gasteiger partial charge in [0.05, 0.1) is 38.0 Å². The van der Waals surface area contributed by atoms with Crippen LogP contribution in [-0.2, 0) is 24.3 Å². The summed E-state index contributed by atoms with van der Waals surface area (Å²) in [5.41, 5.74) is 3.70. The SMILES string of the molecule is COc1ccc(CC(C)CCC(=O)NCc2nc(C)c(C)n2Cc2ccccc2O)c(Cl)c1OC. The van der Waals surface area contributed by atoms with E-state index in [-0.39, 0.29) is 17.6 Å². The third kappa shape index (κ3) is 6.48. The number of phenolic OH excluding ortho intramolecular Hbond substituents is 1. The van der Waals surface area contributed by atoms with E-state index in [4.69, 9.17) is 21.1 Å². The van der Waals surface area contributed by atoms with Crippen LogP contribution in [0.1, 0.15) is 48.1 Å². The predicted octanol–water partition coefficient (Wildman–Crippen LogP) is 5.20. The van der Waals surface area contributed by atoms with Gasteiger partial charge in [0, 0.05) is 17.7 Å². The molecule has 1 aromatic heterocycles. The summed E-state index contributed by atoms with van der Waals surface area (Å²) in [7, 11) is 3.15. The van der Waals surface area contributed by atoms with Crippen LogP contribution in [0.15, 0.2) is 36.4 Å². The Bertz CT molecular complexity index is 1180. The fourth-order valence-corrected chi connectivity index (χ4v) is 4.40. The van der Waals surface area contributed by atoms with Crippen molar-refractivity contribution >= 4 is 17.5 Å². The van der Waals surface area contributed by atoms with E-state index in [2.05, 4.69) is 17.2 Å². The van der Waals surface area contributed by atoms with E-state index in [0.717, 1.165) is 41.2 Å². The molecule has 3 rings (SSSR count). The van der Waals surface area contributed by atoms with Crippen LogP contribution in [0.2, 0.25) is 5.02 Å². The molecular formula is C27H34ClN3O4. The van der Waals surface area contributed by atoms with Gasteiger partial charge in [-0.15, -0.1) is 0 Å². The molecule has 1 heterocycles. The number of hydrogen-bond donors (Lipinski definition) is 2. The Balaban J connectivity index is 1.56. The molecule has 0 fully saturated rings. The molecule has 8 heteroatoms. The minimum absolute atomic E-state index is 0.0253. The van der Waals surface area contributed by atoms with Gasteiger partial charge in [-0.05, 0) is 50.3 Å². The van der Waals surface area contributed by atoms with E-state index in [1.807, 2.05) is 42.7 Å². The molecule has 2 aromatic carbocycles. The van der Waals surface area contributed by atoms with E-state index >= 15 is 0 Å². The Morgan fingerprint density at radius 1 is 1.14 bits per heavy atom. The summed E-state index contributed by atoms with van der Waals surface area (Å²) in [6.45, 7) is 6.87. The first-order valence-electron chi connectivity index (χ1n) is 11.7. The normalized spacial score (nSPS) is 11.8. The van der Waals surface area contributed by atoms with Crippen LogP contribution >= 0.6 is 11.6 Å². The highest BCUT2D eigenvalue weighted by Gasteiger charge is 2.17. The molecule has 7 nitrogen and oxygen atoms in total. The number of para-hydroxylation sites is 1. The first-order chi connectivity index (χ1) is 16.7. The number of ether oxygens (including phenoxy) is 2. The molecule has 0 aliphatic carbocycles. The number of phenols is 1. The number of aromatic hydroxyl groups is 1. The van der Waals surface area contributed by atoms with Gasteiger partial charge in [0.2, 0.25) is 5.91 Å². The largest absolute Gasteiger partial charge is 0.508 e. The van der Waals surface area contributed by atoms with Gasteiger partial charge >= 0.3 is 0 Å². The Labute approximate surface area is 212 Å². The van der Waals surface area contributed by atoms with Crippen molar-refractivity contribution in [2.24, 2.45) is 5.92 Å². The molecular weight excluding hydrogens is 466 g/mol. The summed E-state index contributed by atoms with van der Waals surface area (Å²) >= 11 is 6.51. The topological polar surface area (TPSA) is 85.6 Å². The van der Waals surface area contributed by atoms with Gasteiger partial charge in [-0.1, -0.05) is 42.8 Å². The number of nitrogens with one attached hydrogen (secondary N) is 1. The van der Waals surface area contributed by atoms with Gasteiger partial charge in [-0.25, -0.2) is 4.98 Å². The average Bonchev–Trinajstić information content (AvgIpc) is 3.11. The summed E-state index contributed by atoms with van der Waals surface area (Å²) in [6.07, 6.45) is 1.86. The lowest BCUT2D eigenvalue weighted by atomic mass is 9.96. The maximum atomic E-state index is 12.6. The number of rotatable bonds is 11. The number of methoxy groups -OCH3 is 2. The van der Waals surface area contributed by atoms with Crippen LogP contribution in [0.25, 0.3) is 0 Å². The Morgan fingerprint density at radius 3 is 2.57 bits per heavy atom. The second-order valence-corrected chi connectivity index (χ2v) is 9.19. The van der Waals surface area contributed by atoms with Gasteiger partial charge in [0.15, 0.2) is 11.5 Å². The first-order valence-corrected chi connectivity index (χ1v) is 12.1. The predicted molar refractivity (Wildman–Crippen MR) is 137 cm³/mol. The number of aromatic nitrogens is 2. The molecule has 0 spiro atoms. The van der Waals surface area contributed by atoms with Crippen molar-refractivity contribution in [3.8, 4) is 17.2 Å². The third-order valence-corrected chi connectivity index (χ3v) is 6.71. The number of hydrogen-bond acceptors (Lipinski definition) is 5. The third-order valence-electron chi connectivity index (χ3n) is 6.30. The summed E-state index contributed by atoms with van der Waals surface area (Å²) < 4.78 is 12.7. The molecule has 1 amide bonds. The molecule has 0 aliphatic rings. The van der Waals surface area contributed by atoms with Gasteiger partial charge in [-0.3, -0.25) is 4.79 Å². The van der Waals surface area contributed by atoms with Crippen LogP contribution in [0, 0.1) is 19.8 Å². The summed E-state index contributed by atoms with van der Waals surface area (Å²) in [4.78, 5) is 17.2. The molecule has 0 bridgehead atoms. The number of carbonyl (C=O) groups is 1. The van der Waals surface area contributed by atoms with Gasteiger partial charge in [0.25, 0.3) is 0 Å².